The Morgan fingerprint density at radius 3 is 2.18 bits per heavy atom. The van der Waals surface area contributed by atoms with Crippen molar-refractivity contribution in [1.29, 1.82) is 0 Å². The van der Waals surface area contributed by atoms with Crippen LogP contribution in [0.2, 0.25) is 5.02 Å². The van der Waals surface area contributed by atoms with Gasteiger partial charge >= 0.3 is 11.9 Å². The first kappa shape index (κ1) is 32.2. The summed E-state index contributed by atoms with van der Waals surface area (Å²) >= 11 is 5.88. The average Bonchev–Trinajstić information content (AvgIpc) is 3.70. The minimum absolute atomic E-state index is 0.0570. The van der Waals surface area contributed by atoms with E-state index in [9.17, 15) is 24.0 Å². The second kappa shape index (κ2) is 13.3. The van der Waals surface area contributed by atoms with E-state index in [0.29, 0.717) is 10.7 Å². The average molecular weight is 628 g/mol. The second-order valence-corrected chi connectivity index (χ2v) is 11.4. The van der Waals surface area contributed by atoms with Gasteiger partial charge in [0.2, 0.25) is 11.8 Å². The molecule has 1 saturated carbocycles. The smallest absolute Gasteiger partial charge is 0.344 e. The van der Waals surface area contributed by atoms with Crippen molar-refractivity contribution < 1.29 is 37.8 Å². The number of nitrogens with one attached hydrogen (secondary N) is 2. The summed E-state index contributed by atoms with van der Waals surface area (Å²) in [6, 6.07) is 12.6. The Bertz CT molecular complexity index is 1630. The van der Waals surface area contributed by atoms with Crippen LogP contribution in [-0.2, 0) is 28.7 Å². The number of pyridine rings is 1. The second-order valence-electron chi connectivity index (χ2n) is 10.9. The van der Waals surface area contributed by atoms with Gasteiger partial charge in [-0.2, -0.15) is 0 Å². The first-order valence-corrected chi connectivity index (χ1v) is 14.1. The molecule has 0 radical (unpaired) electrons. The molecule has 0 saturated heterocycles. The van der Waals surface area contributed by atoms with Crippen LogP contribution in [0.4, 0.5) is 15.8 Å². The van der Waals surface area contributed by atoms with Crippen LogP contribution < -0.4 is 20.9 Å². The van der Waals surface area contributed by atoms with Gasteiger partial charge in [0.1, 0.15) is 17.2 Å². The van der Waals surface area contributed by atoms with E-state index in [1.165, 1.54) is 24.4 Å². The number of aromatic nitrogens is 1. The van der Waals surface area contributed by atoms with Gasteiger partial charge in [0, 0.05) is 29.0 Å². The van der Waals surface area contributed by atoms with E-state index in [2.05, 4.69) is 10.6 Å². The fourth-order valence-corrected chi connectivity index (χ4v) is 4.63. The van der Waals surface area contributed by atoms with E-state index in [-0.39, 0.29) is 23.7 Å². The Morgan fingerprint density at radius 1 is 0.932 bits per heavy atom. The van der Waals surface area contributed by atoms with Crippen LogP contribution in [0.3, 0.4) is 0 Å². The van der Waals surface area contributed by atoms with Gasteiger partial charge in [-0.25, -0.2) is 9.18 Å². The SMILES string of the molecule is CCOC(=O)[C@H]1[C@H](C(=O)Nc2ccc(Cl)cc2)[C@@H]1C(=O)Nc1ccc(-n2ccc(OCC(=O)OC(C)(C)C)cc2=O)cc1F. The van der Waals surface area contributed by atoms with Crippen LogP contribution in [0.1, 0.15) is 27.7 Å². The number of nitrogens with zero attached hydrogens (tertiary/aromatic N) is 1. The van der Waals surface area contributed by atoms with Crippen LogP contribution in [0.5, 0.6) is 5.75 Å². The van der Waals surface area contributed by atoms with Gasteiger partial charge in [0.05, 0.1) is 35.7 Å². The molecule has 3 atom stereocenters. The number of hydrogen-bond acceptors (Lipinski definition) is 8. The molecule has 3 aromatic rings. The predicted molar refractivity (Wildman–Crippen MR) is 159 cm³/mol. The minimum atomic E-state index is -1.09. The number of hydrogen-bond donors (Lipinski definition) is 2. The molecule has 1 aromatic heterocycles. The van der Waals surface area contributed by atoms with Crippen LogP contribution in [0.15, 0.2) is 65.6 Å². The largest absolute Gasteiger partial charge is 0.482 e. The van der Waals surface area contributed by atoms with Crippen LogP contribution >= 0.6 is 11.6 Å². The third-order valence-corrected chi connectivity index (χ3v) is 6.70. The molecule has 13 heteroatoms. The molecule has 44 heavy (non-hydrogen) atoms. The molecule has 1 aliphatic rings. The molecular formula is C31H31ClFN3O8. The van der Waals surface area contributed by atoms with Gasteiger partial charge < -0.3 is 24.8 Å². The molecule has 2 amide bonds. The summed E-state index contributed by atoms with van der Waals surface area (Å²) in [5, 5.41) is 5.55. The Labute approximate surface area is 257 Å². The highest BCUT2D eigenvalue weighted by molar-refractivity contribution is 6.30. The summed E-state index contributed by atoms with van der Waals surface area (Å²) in [6.07, 6.45) is 1.35. The molecule has 11 nitrogen and oxygen atoms in total. The monoisotopic (exact) mass is 627 g/mol. The molecule has 1 fully saturated rings. The van der Waals surface area contributed by atoms with Crippen molar-refractivity contribution in [2.24, 2.45) is 17.8 Å². The lowest BCUT2D eigenvalue weighted by molar-refractivity contribution is -0.157. The third kappa shape index (κ3) is 8.01. The summed E-state index contributed by atoms with van der Waals surface area (Å²) < 4.78 is 31.8. The van der Waals surface area contributed by atoms with E-state index in [4.69, 9.17) is 25.8 Å². The lowest BCUT2D eigenvalue weighted by Crippen LogP contribution is -2.27. The Kier molecular flexibility index (Phi) is 9.73. The normalized spacial score (nSPS) is 17.3. The van der Waals surface area contributed by atoms with E-state index in [1.54, 1.807) is 52.0 Å². The zero-order chi connectivity index (χ0) is 32.2. The Balaban J connectivity index is 1.43. The number of benzene rings is 2. The molecule has 0 bridgehead atoms. The van der Waals surface area contributed by atoms with E-state index in [1.807, 2.05) is 0 Å². The van der Waals surface area contributed by atoms with Crippen molar-refractivity contribution in [3.8, 4) is 11.4 Å². The standard InChI is InChI=1S/C31H31ClFN3O8/c1-5-42-30(41)27-25(28(39)34-18-8-6-17(32)7-9-18)26(27)29(40)35-22-11-10-19(14-21(22)33)36-13-12-20(15-23(36)37)43-16-24(38)44-31(2,3)4/h6-15,25-27H,5,16H2,1-4H3,(H,34,39)(H,35,40)/t25-,26+,27+/m1/s1. The van der Waals surface area contributed by atoms with Crippen molar-refractivity contribution in [3.05, 3.63) is 82.0 Å². The number of carbonyl (C=O) groups is 4. The lowest BCUT2D eigenvalue weighted by Gasteiger charge is -2.19. The van der Waals surface area contributed by atoms with Gasteiger partial charge in [-0.15, -0.1) is 0 Å². The highest BCUT2D eigenvalue weighted by Gasteiger charge is 2.63. The summed E-state index contributed by atoms with van der Waals surface area (Å²) in [7, 11) is 0. The summed E-state index contributed by atoms with van der Waals surface area (Å²) in [6.45, 7) is 6.41. The molecule has 232 valence electrons. The lowest BCUT2D eigenvalue weighted by atomic mass is 10.2. The molecule has 1 heterocycles. The highest BCUT2D eigenvalue weighted by Crippen LogP contribution is 2.48. The van der Waals surface area contributed by atoms with Crippen molar-refractivity contribution in [1.82, 2.24) is 4.57 Å². The van der Waals surface area contributed by atoms with Gasteiger partial charge in [0.25, 0.3) is 5.56 Å². The molecule has 0 aliphatic heterocycles. The number of ether oxygens (including phenoxy) is 3. The molecule has 1 aliphatic carbocycles. The first-order valence-electron chi connectivity index (χ1n) is 13.7. The van der Waals surface area contributed by atoms with E-state index >= 15 is 4.39 Å². The van der Waals surface area contributed by atoms with Gasteiger partial charge in [0.15, 0.2) is 6.61 Å². The fourth-order valence-electron chi connectivity index (χ4n) is 4.50. The summed E-state index contributed by atoms with van der Waals surface area (Å²) in [5.41, 5.74) is -0.884. The van der Waals surface area contributed by atoms with Crippen molar-refractivity contribution in [3.63, 3.8) is 0 Å². The minimum Gasteiger partial charge on any atom is -0.482 e. The predicted octanol–water partition coefficient (Wildman–Crippen LogP) is 4.35. The van der Waals surface area contributed by atoms with Gasteiger partial charge in [-0.05, 0) is 70.2 Å². The van der Waals surface area contributed by atoms with Crippen LogP contribution in [0.25, 0.3) is 5.69 Å². The molecule has 0 spiro atoms. The molecule has 4 rings (SSSR count). The van der Waals surface area contributed by atoms with E-state index in [0.717, 1.165) is 16.7 Å². The molecular weight excluding hydrogens is 597 g/mol. The topological polar surface area (TPSA) is 142 Å². The van der Waals surface area contributed by atoms with Crippen molar-refractivity contribution >= 4 is 46.7 Å². The maximum Gasteiger partial charge on any atom is 0.344 e. The first-order chi connectivity index (χ1) is 20.8. The zero-order valence-corrected chi connectivity index (χ0v) is 25.1. The number of carbonyl (C=O) groups excluding carboxylic acids is 4. The fraction of sp³-hybridized carbons (Fsp3) is 0.323. The highest BCUT2D eigenvalue weighted by atomic mass is 35.5. The Hall–Kier alpha value is -4.71. The number of amides is 2. The molecule has 2 aromatic carbocycles. The summed E-state index contributed by atoms with van der Waals surface area (Å²) in [4.78, 5) is 63.1. The summed E-state index contributed by atoms with van der Waals surface area (Å²) in [5.74, 6) is -6.52. The molecule has 2 N–H and O–H groups in total. The Morgan fingerprint density at radius 2 is 1.59 bits per heavy atom. The molecule has 0 unspecified atom stereocenters. The number of rotatable bonds is 10. The van der Waals surface area contributed by atoms with Gasteiger partial charge in [-0.1, -0.05) is 11.6 Å². The number of anilines is 2. The van der Waals surface area contributed by atoms with E-state index < -0.39 is 65.1 Å². The van der Waals surface area contributed by atoms with Crippen molar-refractivity contribution in [2.75, 3.05) is 23.8 Å². The maximum atomic E-state index is 15.1. The quantitative estimate of drug-likeness (QED) is 0.316. The van der Waals surface area contributed by atoms with Crippen LogP contribution in [-0.4, -0.2) is 47.1 Å². The van der Waals surface area contributed by atoms with Crippen LogP contribution in [0, 0.1) is 23.6 Å². The van der Waals surface area contributed by atoms with Gasteiger partial charge in [-0.3, -0.25) is 23.7 Å². The maximum absolute atomic E-state index is 15.1. The zero-order valence-electron chi connectivity index (χ0n) is 24.4. The van der Waals surface area contributed by atoms with Crippen molar-refractivity contribution in [2.45, 2.75) is 33.3 Å². The third-order valence-electron chi connectivity index (χ3n) is 6.45. The number of esters is 2. The number of halogens is 2.